The van der Waals surface area contributed by atoms with Gasteiger partial charge in [0.2, 0.25) is 5.91 Å². The van der Waals surface area contributed by atoms with E-state index >= 15 is 0 Å². The first-order chi connectivity index (χ1) is 18.4. The van der Waals surface area contributed by atoms with Crippen molar-refractivity contribution >= 4 is 27.7 Å². The Morgan fingerprint density at radius 1 is 0.921 bits per heavy atom. The van der Waals surface area contributed by atoms with Gasteiger partial charge in [0.25, 0.3) is 5.91 Å². The molecular formula is C32H37BrN2O3. The summed E-state index contributed by atoms with van der Waals surface area (Å²) >= 11 is 3.59. The van der Waals surface area contributed by atoms with E-state index in [1.54, 1.807) is 4.90 Å². The Morgan fingerprint density at radius 3 is 2.11 bits per heavy atom. The molecule has 1 aliphatic rings. The molecule has 3 aromatic rings. The number of rotatable bonds is 10. The first-order valence-corrected chi connectivity index (χ1v) is 14.3. The number of hydrogen-bond donors (Lipinski definition) is 1. The second kappa shape index (κ2) is 13.6. The number of nitrogens with zero attached hydrogens (tertiary/aromatic N) is 1. The van der Waals surface area contributed by atoms with Crippen molar-refractivity contribution < 1.29 is 14.3 Å². The number of amides is 2. The highest BCUT2D eigenvalue weighted by atomic mass is 79.9. The zero-order valence-corrected chi connectivity index (χ0v) is 23.9. The Hall–Kier alpha value is -3.12. The predicted octanol–water partition coefficient (Wildman–Crippen LogP) is 6.53. The molecule has 6 heteroatoms. The molecule has 0 aliphatic heterocycles. The molecule has 4 rings (SSSR count). The minimum atomic E-state index is -0.649. The maximum Gasteiger partial charge on any atom is 0.261 e. The van der Waals surface area contributed by atoms with E-state index in [-0.39, 0.29) is 24.5 Å². The molecule has 1 unspecified atom stereocenters. The van der Waals surface area contributed by atoms with Gasteiger partial charge in [0, 0.05) is 23.5 Å². The highest BCUT2D eigenvalue weighted by molar-refractivity contribution is 9.10. The van der Waals surface area contributed by atoms with Crippen LogP contribution in [-0.2, 0) is 22.6 Å². The molecule has 1 fully saturated rings. The van der Waals surface area contributed by atoms with Crippen molar-refractivity contribution in [2.75, 3.05) is 6.61 Å². The van der Waals surface area contributed by atoms with Gasteiger partial charge in [-0.3, -0.25) is 9.59 Å². The third-order valence-corrected chi connectivity index (χ3v) is 8.44. The Labute approximate surface area is 234 Å². The molecule has 5 nitrogen and oxygen atoms in total. The third-order valence-electron chi connectivity index (χ3n) is 7.19. The van der Waals surface area contributed by atoms with Gasteiger partial charge in [-0.1, -0.05) is 95.9 Å². The van der Waals surface area contributed by atoms with Crippen molar-refractivity contribution in [3.8, 4) is 5.75 Å². The van der Waals surface area contributed by atoms with E-state index in [0.717, 1.165) is 52.4 Å². The van der Waals surface area contributed by atoms with E-state index in [9.17, 15) is 9.59 Å². The number of aryl methyl sites for hydroxylation is 2. The maximum absolute atomic E-state index is 13.8. The lowest BCUT2D eigenvalue weighted by molar-refractivity contribution is -0.143. The fourth-order valence-electron chi connectivity index (χ4n) is 5.10. The largest absolute Gasteiger partial charge is 0.484 e. The Balaban J connectivity index is 1.60. The Bertz CT molecular complexity index is 1190. The van der Waals surface area contributed by atoms with E-state index in [2.05, 4.69) is 21.2 Å². The van der Waals surface area contributed by atoms with Gasteiger partial charge in [0.15, 0.2) is 6.61 Å². The summed E-state index contributed by atoms with van der Waals surface area (Å²) in [5, 5.41) is 3.28. The van der Waals surface area contributed by atoms with Crippen LogP contribution in [0.5, 0.6) is 5.75 Å². The molecule has 1 aliphatic carbocycles. The fraction of sp³-hybridized carbons (Fsp3) is 0.375. The first-order valence-electron chi connectivity index (χ1n) is 13.5. The van der Waals surface area contributed by atoms with Crippen LogP contribution in [0.3, 0.4) is 0 Å². The summed E-state index contributed by atoms with van der Waals surface area (Å²) in [4.78, 5) is 29.3. The van der Waals surface area contributed by atoms with Crippen LogP contribution in [0.1, 0.15) is 54.4 Å². The molecule has 38 heavy (non-hydrogen) atoms. The summed E-state index contributed by atoms with van der Waals surface area (Å²) in [6.07, 6.45) is 5.88. The SMILES string of the molecule is Cc1cc(OCC(=O)N(Cc2ccccc2)C(Cc2ccccc2)C(=O)NC2CCCCC2)cc(C)c1Br. The summed E-state index contributed by atoms with van der Waals surface area (Å²) < 4.78 is 7.02. The van der Waals surface area contributed by atoms with Gasteiger partial charge in [-0.15, -0.1) is 0 Å². The van der Waals surface area contributed by atoms with Crippen LogP contribution in [0.2, 0.25) is 0 Å². The highest BCUT2D eigenvalue weighted by Gasteiger charge is 2.32. The van der Waals surface area contributed by atoms with Gasteiger partial charge in [0.1, 0.15) is 11.8 Å². The molecule has 0 heterocycles. The number of halogens is 1. The minimum Gasteiger partial charge on any atom is -0.484 e. The van der Waals surface area contributed by atoms with Gasteiger partial charge in [-0.05, 0) is 61.1 Å². The normalized spacial score (nSPS) is 14.5. The van der Waals surface area contributed by atoms with Crippen molar-refractivity contribution in [1.82, 2.24) is 10.2 Å². The number of benzene rings is 3. The zero-order chi connectivity index (χ0) is 26.9. The number of hydrogen-bond acceptors (Lipinski definition) is 3. The lowest BCUT2D eigenvalue weighted by Crippen LogP contribution is -2.53. The van der Waals surface area contributed by atoms with E-state index in [1.807, 2.05) is 86.6 Å². The number of nitrogens with one attached hydrogen (secondary N) is 1. The quantitative estimate of drug-likeness (QED) is 0.298. The monoisotopic (exact) mass is 576 g/mol. The Kier molecular flexibility index (Phi) is 9.99. The van der Waals surface area contributed by atoms with Crippen molar-refractivity contribution in [1.29, 1.82) is 0 Å². The lowest BCUT2D eigenvalue weighted by atomic mass is 9.94. The number of carbonyl (C=O) groups excluding carboxylic acids is 2. The number of ether oxygens (including phenoxy) is 1. The average Bonchev–Trinajstić information content (AvgIpc) is 2.94. The molecule has 1 saturated carbocycles. The first kappa shape index (κ1) is 27.9. The van der Waals surface area contributed by atoms with Crippen molar-refractivity contribution in [3.63, 3.8) is 0 Å². The molecule has 0 spiro atoms. The number of carbonyl (C=O) groups is 2. The average molecular weight is 578 g/mol. The van der Waals surface area contributed by atoms with E-state index < -0.39 is 6.04 Å². The molecule has 3 aromatic carbocycles. The summed E-state index contributed by atoms with van der Waals surface area (Å²) in [5.41, 5.74) is 4.08. The van der Waals surface area contributed by atoms with Crippen LogP contribution in [0.4, 0.5) is 0 Å². The topological polar surface area (TPSA) is 58.6 Å². The van der Waals surface area contributed by atoms with Crippen LogP contribution < -0.4 is 10.1 Å². The van der Waals surface area contributed by atoms with Gasteiger partial charge in [-0.25, -0.2) is 0 Å². The molecule has 0 saturated heterocycles. The molecule has 0 bridgehead atoms. The lowest BCUT2D eigenvalue weighted by Gasteiger charge is -2.33. The van der Waals surface area contributed by atoms with Crippen LogP contribution >= 0.6 is 15.9 Å². The summed E-state index contributed by atoms with van der Waals surface area (Å²) in [7, 11) is 0. The van der Waals surface area contributed by atoms with Crippen molar-refractivity contribution in [2.24, 2.45) is 0 Å². The fourth-order valence-corrected chi connectivity index (χ4v) is 5.32. The predicted molar refractivity (Wildman–Crippen MR) is 155 cm³/mol. The standard InChI is InChI=1S/C32H37BrN2O3/c1-23-18-28(19-24(2)31(23)33)38-22-30(36)35(21-26-14-8-4-9-15-26)29(20-25-12-6-3-7-13-25)32(37)34-27-16-10-5-11-17-27/h3-4,6-9,12-15,18-19,27,29H,5,10-11,16-17,20-22H2,1-2H3,(H,34,37). The van der Waals surface area contributed by atoms with Gasteiger partial charge in [0.05, 0.1) is 0 Å². The van der Waals surface area contributed by atoms with Gasteiger partial charge >= 0.3 is 0 Å². The smallest absolute Gasteiger partial charge is 0.261 e. The molecule has 1 atom stereocenters. The second-order valence-corrected chi connectivity index (χ2v) is 11.0. The third kappa shape index (κ3) is 7.70. The minimum absolute atomic E-state index is 0.0969. The van der Waals surface area contributed by atoms with Crippen LogP contribution in [-0.4, -0.2) is 35.4 Å². The van der Waals surface area contributed by atoms with Crippen molar-refractivity contribution in [2.45, 2.75) is 71.0 Å². The highest BCUT2D eigenvalue weighted by Crippen LogP contribution is 2.26. The molecule has 1 N–H and O–H groups in total. The van der Waals surface area contributed by atoms with E-state index in [0.29, 0.717) is 18.7 Å². The molecule has 2 amide bonds. The van der Waals surface area contributed by atoms with Crippen LogP contribution in [0.25, 0.3) is 0 Å². The van der Waals surface area contributed by atoms with Crippen LogP contribution in [0.15, 0.2) is 77.3 Å². The second-order valence-electron chi connectivity index (χ2n) is 10.2. The van der Waals surface area contributed by atoms with E-state index in [1.165, 1.54) is 6.42 Å². The van der Waals surface area contributed by atoms with Crippen molar-refractivity contribution in [3.05, 3.63) is 99.5 Å². The molecule has 0 aromatic heterocycles. The van der Waals surface area contributed by atoms with Crippen LogP contribution in [0, 0.1) is 13.8 Å². The Morgan fingerprint density at radius 2 is 1.50 bits per heavy atom. The molecule has 0 radical (unpaired) electrons. The summed E-state index contributed by atoms with van der Waals surface area (Å²) in [5.74, 6) is 0.328. The van der Waals surface area contributed by atoms with Gasteiger partial charge < -0.3 is 15.0 Å². The molecule has 200 valence electrons. The summed E-state index contributed by atoms with van der Waals surface area (Å²) in [6.45, 7) is 4.18. The zero-order valence-electron chi connectivity index (χ0n) is 22.3. The summed E-state index contributed by atoms with van der Waals surface area (Å²) in [6, 6.07) is 23.1. The van der Waals surface area contributed by atoms with Gasteiger partial charge in [-0.2, -0.15) is 0 Å². The maximum atomic E-state index is 13.8. The molecular weight excluding hydrogens is 540 g/mol. The van der Waals surface area contributed by atoms with E-state index in [4.69, 9.17) is 4.74 Å².